The Balaban J connectivity index is 2.89. The molecule has 0 aliphatic rings. The molecule has 18 heteroatoms. The zero-order chi connectivity index (χ0) is 46.4. The van der Waals surface area contributed by atoms with Crippen molar-refractivity contribution >= 4 is 95.6 Å². The molecule has 0 heterocycles. The van der Waals surface area contributed by atoms with E-state index in [2.05, 4.69) is 95.6 Å². The Labute approximate surface area is 417 Å². The van der Waals surface area contributed by atoms with Crippen LogP contribution in [0.1, 0.15) is 98.3 Å². The Morgan fingerprint density at radius 1 is 0.403 bits per heavy atom. The van der Waals surface area contributed by atoms with Crippen LogP contribution in [-0.2, 0) is 48.0 Å². The second-order valence-corrected chi connectivity index (χ2v) is 19.3. The molecule has 3 N–H and O–H groups in total. The molecule has 0 spiro atoms. The van der Waals surface area contributed by atoms with Crippen molar-refractivity contribution in [3.8, 4) is 17.2 Å². The molecule has 0 fully saturated rings. The van der Waals surface area contributed by atoms with E-state index in [1.165, 1.54) is 0 Å². The van der Waals surface area contributed by atoms with Crippen molar-refractivity contribution in [3.05, 3.63) is 79.9 Å². The monoisotopic (exact) mass is 1250 g/mol. The lowest BCUT2D eigenvalue weighted by molar-refractivity contribution is -0.281. The summed E-state index contributed by atoms with van der Waals surface area (Å²) in [6.45, 7) is 18.8. The lowest BCUT2D eigenvalue weighted by atomic mass is 9.49. The summed E-state index contributed by atoms with van der Waals surface area (Å²) in [5.41, 5.74) is -0.859. The van der Waals surface area contributed by atoms with Crippen molar-refractivity contribution in [2.75, 3.05) is 39.6 Å². The third-order valence-electron chi connectivity index (χ3n) is 10.1. The molecule has 0 saturated heterocycles. The van der Waals surface area contributed by atoms with Gasteiger partial charge < -0.3 is 58.0 Å². The molecule has 0 aromatic heterocycles. The Morgan fingerprint density at radius 3 is 0.806 bits per heavy atom. The highest BCUT2D eigenvalue weighted by atomic mass is 79.9. The second kappa shape index (κ2) is 26.8. The number of hydrogen-bond acceptors (Lipinski definition) is 12. The molecular weight excluding hydrogens is 1200 g/mol. The fourth-order valence-corrected chi connectivity index (χ4v) is 11.5. The van der Waals surface area contributed by atoms with Gasteiger partial charge in [0.05, 0.1) is 32.3 Å². The predicted molar refractivity (Wildman–Crippen MR) is 259 cm³/mol. The van der Waals surface area contributed by atoms with Crippen LogP contribution in [0.2, 0.25) is 0 Å². The summed E-state index contributed by atoms with van der Waals surface area (Å²) in [4.78, 5) is 0. The molecule has 3 rings (SSSR count). The molecular formula is C44H60Br6O12. The van der Waals surface area contributed by atoms with E-state index < -0.39 is 48.6 Å². The van der Waals surface area contributed by atoms with Crippen LogP contribution in [0.25, 0.3) is 0 Å². The minimum Gasteiger partial charge on any atom is -0.506 e. The minimum atomic E-state index is -1.46. The van der Waals surface area contributed by atoms with Gasteiger partial charge in [-0.3, -0.25) is 0 Å². The van der Waals surface area contributed by atoms with Gasteiger partial charge in [0.15, 0.2) is 37.7 Å². The third kappa shape index (κ3) is 14.3. The Kier molecular flexibility index (Phi) is 24.2. The number of hydrogen-bond donors (Lipinski definition) is 3. The molecule has 3 aromatic carbocycles. The molecule has 0 aliphatic heterocycles. The number of benzene rings is 3. The lowest BCUT2D eigenvalue weighted by Crippen LogP contribution is -2.54. The van der Waals surface area contributed by atoms with Crippen molar-refractivity contribution in [3.63, 3.8) is 0 Å². The Bertz CT molecular complexity index is 1580. The first kappa shape index (κ1) is 55.9. The van der Waals surface area contributed by atoms with E-state index in [4.69, 9.17) is 42.6 Å². The van der Waals surface area contributed by atoms with Gasteiger partial charge in [0.25, 0.3) is 0 Å². The predicted octanol–water partition coefficient (Wildman–Crippen LogP) is 13.2. The van der Waals surface area contributed by atoms with Crippen molar-refractivity contribution < 1.29 is 58.0 Å². The van der Waals surface area contributed by atoms with Crippen LogP contribution >= 0.6 is 95.6 Å². The van der Waals surface area contributed by atoms with Crippen LogP contribution in [-0.4, -0.2) is 92.7 Å². The first-order chi connectivity index (χ1) is 29.4. The fraction of sp³-hybridized carbons (Fsp3) is 0.591. The Morgan fingerprint density at radius 2 is 0.613 bits per heavy atom. The maximum absolute atomic E-state index is 11.3. The quantitative estimate of drug-likeness (QED) is 0.0470. The van der Waals surface area contributed by atoms with Gasteiger partial charge >= 0.3 is 0 Å². The summed E-state index contributed by atoms with van der Waals surface area (Å²) in [5, 5.41) is 34.0. The maximum atomic E-state index is 11.3. The van der Waals surface area contributed by atoms with Crippen LogP contribution in [0.5, 0.6) is 17.2 Å². The smallest absolute Gasteiger partial charge is 0.161 e. The number of rotatable bonds is 28. The first-order valence-electron chi connectivity index (χ1n) is 20.6. The molecule has 0 radical (unpaired) electrons. The third-order valence-corrected chi connectivity index (χ3v) is 13.7. The normalized spacial score (nSPS) is 16.1. The van der Waals surface area contributed by atoms with Gasteiger partial charge in [-0.25, -0.2) is 0 Å². The van der Waals surface area contributed by atoms with Gasteiger partial charge in [-0.05, 0) is 211 Å². The molecule has 62 heavy (non-hydrogen) atoms. The Hall–Kier alpha value is -0.420. The van der Waals surface area contributed by atoms with Crippen molar-refractivity contribution in [1.29, 1.82) is 0 Å². The van der Waals surface area contributed by atoms with Gasteiger partial charge in [-0.2, -0.15) is 0 Å². The highest BCUT2D eigenvalue weighted by Crippen LogP contribution is 2.62. The summed E-state index contributed by atoms with van der Waals surface area (Å²) in [7, 11) is 0. The van der Waals surface area contributed by atoms with Crippen molar-refractivity contribution in [2.45, 2.75) is 125 Å². The van der Waals surface area contributed by atoms with E-state index in [0.29, 0.717) is 63.3 Å². The molecule has 6 atom stereocenters. The summed E-state index contributed by atoms with van der Waals surface area (Å²) >= 11 is 22.0. The van der Waals surface area contributed by atoms with E-state index in [1.807, 2.05) is 98.7 Å². The highest BCUT2D eigenvalue weighted by Gasteiger charge is 2.59. The second-order valence-electron chi connectivity index (χ2n) is 14.1. The molecule has 350 valence electrons. The first-order valence-corrected chi connectivity index (χ1v) is 25.3. The van der Waals surface area contributed by atoms with Crippen LogP contribution in [0.4, 0.5) is 0 Å². The summed E-state index contributed by atoms with van der Waals surface area (Å²) in [6.07, 6.45) is -4.65. The topological polar surface area (TPSA) is 144 Å². The molecule has 12 nitrogen and oxygen atoms in total. The van der Waals surface area contributed by atoms with Crippen LogP contribution in [0.3, 0.4) is 0 Å². The average Bonchev–Trinajstić information content (AvgIpc) is 3.18. The molecule has 0 saturated carbocycles. The summed E-state index contributed by atoms with van der Waals surface area (Å²) in [6, 6.07) is 11.1. The van der Waals surface area contributed by atoms with Gasteiger partial charge in [-0.1, -0.05) is 0 Å². The molecule has 0 amide bonds. The van der Waals surface area contributed by atoms with Crippen LogP contribution in [0, 0.1) is 5.41 Å². The van der Waals surface area contributed by atoms with Gasteiger partial charge in [0, 0.05) is 64.3 Å². The van der Waals surface area contributed by atoms with E-state index in [1.54, 1.807) is 0 Å². The lowest BCUT2D eigenvalue weighted by Gasteiger charge is -2.55. The number of phenols is 3. The van der Waals surface area contributed by atoms with Crippen molar-refractivity contribution in [1.82, 2.24) is 0 Å². The SMILES string of the molecule is CCOC(C)OC(CC(CC(OCC)OC(C)OCC)(CC(OCC)OC(C)OCC)C(c1cc(Br)c(O)c(Br)c1)(c1cc(Br)c(O)c(Br)c1)c1cc(Br)c(O)c(Br)c1)OCC. The highest BCUT2D eigenvalue weighted by molar-refractivity contribution is 9.12. The number of phenolic OH excluding ortho intramolecular Hbond substituents is 3. The maximum Gasteiger partial charge on any atom is 0.161 e. The van der Waals surface area contributed by atoms with E-state index in [0.717, 1.165) is 0 Å². The number of ether oxygens (including phenoxy) is 9. The van der Waals surface area contributed by atoms with Gasteiger partial charge in [0.1, 0.15) is 17.2 Å². The van der Waals surface area contributed by atoms with Crippen molar-refractivity contribution in [2.24, 2.45) is 5.41 Å². The summed E-state index contributed by atoms with van der Waals surface area (Å²) in [5.74, 6) is -0.0901. The number of aromatic hydroxyl groups is 3. The standard InChI is InChI=1S/C44H60Br6O12/c1-10-54-25(7)60-37(57-13-4)22-43(23-38(58-14-5)61-26(8)55-11-2,24-39(59-15-6)62-27(9)56-12-3)44(28-16-31(45)40(51)32(46)17-28,29-18-33(47)41(52)34(48)19-29)30-20-35(49)42(53)36(50)21-30/h16-21,25-27,37-39,51-53H,10-15,22-24H2,1-9H3. The molecule has 6 unspecified atom stereocenters. The van der Waals surface area contributed by atoms with E-state index >= 15 is 0 Å². The van der Waals surface area contributed by atoms with E-state index in [-0.39, 0.29) is 56.3 Å². The zero-order valence-electron chi connectivity index (χ0n) is 36.6. The zero-order valence-corrected chi connectivity index (χ0v) is 46.1. The van der Waals surface area contributed by atoms with Crippen LogP contribution in [0.15, 0.2) is 63.2 Å². The molecule has 0 aliphatic carbocycles. The largest absolute Gasteiger partial charge is 0.506 e. The van der Waals surface area contributed by atoms with Gasteiger partial charge in [-0.15, -0.1) is 0 Å². The molecule has 0 bridgehead atoms. The average molecular weight is 1260 g/mol. The van der Waals surface area contributed by atoms with Crippen LogP contribution < -0.4 is 0 Å². The minimum absolute atomic E-state index is 0.0300. The fourth-order valence-electron chi connectivity index (χ4n) is 7.89. The molecule has 3 aromatic rings. The summed E-state index contributed by atoms with van der Waals surface area (Å²) < 4.78 is 59.8. The van der Waals surface area contributed by atoms with E-state index in [9.17, 15) is 15.3 Å². The number of halogens is 6. The van der Waals surface area contributed by atoms with Gasteiger partial charge in [0.2, 0.25) is 0 Å².